The van der Waals surface area contributed by atoms with Gasteiger partial charge in [0, 0.05) is 27.9 Å². The summed E-state index contributed by atoms with van der Waals surface area (Å²) in [6, 6.07) is 0.660. The zero-order valence-electron chi connectivity index (χ0n) is 9.24. The predicted molar refractivity (Wildman–Crippen MR) is 62.9 cm³/mol. The Hall–Kier alpha value is -0.350. The fraction of sp³-hybridized carbons (Fsp3) is 0.727. The molecule has 1 aliphatic rings. The summed E-state index contributed by atoms with van der Waals surface area (Å²) in [7, 11) is 0. The molecule has 0 radical (unpaired) electrons. The van der Waals surface area contributed by atoms with Crippen molar-refractivity contribution in [3.63, 3.8) is 0 Å². The number of oxazole rings is 1. The van der Waals surface area contributed by atoms with Crippen molar-refractivity contribution in [1.29, 1.82) is 0 Å². The smallest absolute Gasteiger partial charge is 0.264 e. The van der Waals surface area contributed by atoms with Gasteiger partial charge in [0.2, 0.25) is 0 Å². The second-order valence-electron chi connectivity index (χ2n) is 4.42. The Labute approximate surface area is 99.0 Å². The van der Waals surface area contributed by atoms with Gasteiger partial charge in [-0.1, -0.05) is 0 Å². The maximum atomic E-state index is 5.51. The van der Waals surface area contributed by atoms with Gasteiger partial charge in [0.05, 0.1) is 6.20 Å². The summed E-state index contributed by atoms with van der Waals surface area (Å²) in [5, 5.41) is 0. The van der Waals surface area contributed by atoms with Crippen LogP contribution in [-0.2, 0) is 0 Å². The quantitative estimate of drug-likeness (QED) is 0.829. The first kappa shape index (κ1) is 11.1. The second-order valence-corrected chi connectivity index (χ2v) is 5.10. The molecular formula is C11H17BrN2O. The largest absolute Gasteiger partial charge is 0.436 e. The van der Waals surface area contributed by atoms with Gasteiger partial charge in [-0.05, 0) is 39.8 Å². The van der Waals surface area contributed by atoms with Crippen molar-refractivity contribution >= 4 is 15.9 Å². The Kier molecular flexibility index (Phi) is 3.46. The van der Waals surface area contributed by atoms with Gasteiger partial charge in [-0.15, -0.1) is 0 Å². The Bertz CT molecular complexity index is 316. The number of hydrogen-bond donors (Lipinski definition) is 0. The number of hydrogen-bond acceptors (Lipinski definition) is 3. The molecular weight excluding hydrogens is 256 g/mol. The summed E-state index contributed by atoms with van der Waals surface area (Å²) in [5.41, 5.74) is 0. The molecule has 1 aromatic heterocycles. The van der Waals surface area contributed by atoms with Gasteiger partial charge in [0.1, 0.15) is 5.76 Å². The molecule has 0 spiro atoms. The van der Waals surface area contributed by atoms with Crippen molar-refractivity contribution < 1.29 is 4.42 Å². The van der Waals surface area contributed by atoms with Crippen molar-refractivity contribution in [2.45, 2.75) is 38.6 Å². The third kappa shape index (κ3) is 2.61. The molecule has 0 aromatic carbocycles. The SMILES string of the molecule is CC(C)N1CCC(c2cnc(Br)o2)CC1. The molecule has 0 bridgehead atoms. The first-order chi connectivity index (χ1) is 7.16. The van der Waals surface area contributed by atoms with E-state index in [0.717, 1.165) is 5.76 Å². The van der Waals surface area contributed by atoms with Crippen LogP contribution in [0.15, 0.2) is 15.4 Å². The minimum atomic E-state index is 0.554. The average molecular weight is 273 g/mol. The minimum Gasteiger partial charge on any atom is -0.436 e. The van der Waals surface area contributed by atoms with Crippen LogP contribution in [0.1, 0.15) is 38.4 Å². The molecule has 0 atom stereocenters. The molecule has 2 rings (SSSR count). The molecule has 0 saturated carbocycles. The summed E-state index contributed by atoms with van der Waals surface area (Å²) < 4.78 is 5.51. The Morgan fingerprint density at radius 1 is 1.47 bits per heavy atom. The summed E-state index contributed by atoms with van der Waals surface area (Å²) >= 11 is 3.25. The Morgan fingerprint density at radius 2 is 2.13 bits per heavy atom. The van der Waals surface area contributed by atoms with Crippen LogP contribution < -0.4 is 0 Å². The molecule has 1 saturated heterocycles. The van der Waals surface area contributed by atoms with Crippen molar-refractivity contribution in [2.24, 2.45) is 0 Å². The molecule has 0 amide bonds. The molecule has 0 unspecified atom stereocenters. The van der Waals surface area contributed by atoms with E-state index >= 15 is 0 Å². The normalized spacial score (nSPS) is 20.0. The molecule has 1 aromatic rings. The number of rotatable bonds is 2. The zero-order chi connectivity index (χ0) is 10.8. The van der Waals surface area contributed by atoms with Gasteiger partial charge >= 0.3 is 0 Å². The lowest BCUT2D eigenvalue weighted by molar-refractivity contribution is 0.164. The summed E-state index contributed by atoms with van der Waals surface area (Å²) in [4.78, 5) is 7.20. The van der Waals surface area contributed by atoms with E-state index in [9.17, 15) is 0 Å². The third-order valence-corrected chi connectivity index (χ3v) is 3.52. The fourth-order valence-corrected chi connectivity index (χ4v) is 2.44. The number of likely N-dealkylation sites (tertiary alicyclic amines) is 1. The highest BCUT2D eigenvalue weighted by Crippen LogP contribution is 2.29. The highest BCUT2D eigenvalue weighted by Gasteiger charge is 2.24. The number of halogens is 1. The molecule has 2 heterocycles. The zero-order valence-corrected chi connectivity index (χ0v) is 10.8. The van der Waals surface area contributed by atoms with E-state index in [2.05, 4.69) is 39.7 Å². The average Bonchev–Trinajstić information content (AvgIpc) is 2.65. The predicted octanol–water partition coefficient (Wildman–Crippen LogP) is 3.02. The summed E-state index contributed by atoms with van der Waals surface area (Å²) in [6.07, 6.45) is 4.21. The van der Waals surface area contributed by atoms with Crippen LogP contribution in [0.5, 0.6) is 0 Å². The first-order valence-electron chi connectivity index (χ1n) is 5.52. The Balaban J connectivity index is 1.93. The molecule has 1 aliphatic heterocycles. The van der Waals surface area contributed by atoms with E-state index < -0.39 is 0 Å². The molecule has 0 N–H and O–H groups in total. The third-order valence-electron chi connectivity index (χ3n) is 3.16. The highest BCUT2D eigenvalue weighted by atomic mass is 79.9. The van der Waals surface area contributed by atoms with E-state index in [1.807, 2.05) is 6.20 Å². The van der Waals surface area contributed by atoms with E-state index in [4.69, 9.17) is 4.42 Å². The number of piperidine rings is 1. The van der Waals surface area contributed by atoms with Gasteiger partial charge in [0.25, 0.3) is 4.80 Å². The standard InChI is InChI=1S/C11H17BrN2O/c1-8(2)14-5-3-9(4-6-14)10-7-13-11(12)15-10/h7-9H,3-6H2,1-2H3. The van der Waals surface area contributed by atoms with Crippen LogP contribution in [0.4, 0.5) is 0 Å². The summed E-state index contributed by atoms with van der Waals surface area (Å²) in [5.74, 6) is 1.59. The van der Waals surface area contributed by atoms with E-state index in [0.29, 0.717) is 16.8 Å². The van der Waals surface area contributed by atoms with E-state index in [-0.39, 0.29) is 0 Å². The fourth-order valence-electron chi connectivity index (χ4n) is 2.15. The van der Waals surface area contributed by atoms with Gasteiger partial charge < -0.3 is 9.32 Å². The van der Waals surface area contributed by atoms with Crippen LogP contribution >= 0.6 is 15.9 Å². The van der Waals surface area contributed by atoms with Crippen molar-refractivity contribution in [1.82, 2.24) is 9.88 Å². The van der Waals surface area contributed by atoms with Crippen LogP contribution in [0.25, 0.3) is 0 Å². The lowest BCUT2D eigenvalue weighted by Crippen LogP contribution is -2.37. The maximum Gasteiger partial charge on any atom is 0.264 e. The molecule has 84 valence electrons. The minimum absolute atomic E-state index is 0.554. The van der Waals surface area contributed by atoms with E-state index in [1.54, 1.807) is 0 Å². The van der Waals surface area contributed by atoms with Crippen molar-refractivity contribution in [3.8, 4) is 0 Å². The Morgan fingerprint density at radius 3 is 2.60 bits per heavy atom. The molecule has 15 heavy (non-hydrogen) atoms. The van der Waals surface area contributed by atoms with Crippen LogP contribution in [-0.4, -0.2) is 29.0 Å². The van der Waals surface area contributed by atoms with Crippen LogP contribution in [0.2, 0.25) is 0 Å². The molecule has 3 nitrogen and oxygen atoms in total. The first-order valence-corrected chi connectivity index (χ1v) is 6.31. The number of aromatic nitrogens is 1. The second kappa shape index (κ2) is 4.66. The number of nitrogens with zero attached hydrogens (tertiary/aromatic N) is 2. The van der Waals surface area contributed by atoms with Gasteiger partial charge in [-0.2, -0.15) is 0 Å². The maximum absolute atomic E-state index is 5.51. The molecule has 1 fully saturated rings. The van der Waals surface area contributed by atoms with Gasteiger partial charge in [-0.3, -0.25) is 0 Å². The van der Waals surface area contributed by atoms with Crippen molar-refractivity contribution in [3.05, 3.63) is 16.8 Å². The van der Waals surface area contributed by atoms with Crippen LogP contribution in [0.3, 0.4) is 0 Å². The lowest BCUT2D eigenvalue weighted by atomic mass is 9.94. The topological polar surface area (TPSA) is 29.3 Å². The highest BCUT2D eigenvalue weighted by molar-refractivity contribution is 9.10. The molecule has 4 heteroatoms. The van der Waals surface area contributed by atoms with Gasteiger partial charge in [-0.25, -0.2) is 4.98 Å². The van der Waals surface area contributed by atoms with Gasteiger partial charge in [0.15, 0.2) is 0 Å². The van der Waals surface area contributed by atoms with E-state index in [1.165, 1.54) is 25.9 Å². The summed E-state index contributed by atoms with van der Waals surface area (Å²) in [6.45, 7) is 6.85. The lowest BCUT2D eigenvalue weighted by Gasteiger charge is -2.33. The van der Waals surface area contributed by atoms with Crippen molar-refractivity contribution in [2.75, 3.05) is 13.1 Å². The van der Waals surface area contributed by atoms with Crippen LogP contribution in [0, 0.1) is 0 Å². The monoisotopic (exact) mass is 272 g/mol. The molecule has 0 aliphatic carbocycles.